The molecule has 27 heavy (non-hydrogen) atoms. The highest BCUT2D eigenvalue weighted by atomic mass is 16.1. The largest absolute Gasteiger partial charge is 0.240 e. The van der Waals surface area contributed by atoms with E-state index in [4.69, 9.17) is 0 Å². The maximum absolute atomic E-state index is 10.2. The SMILES string of the molecule is CC1CC(C)CC(C)(N=C=O)C1.O=C=NC1=CC(N=C=O)CC(N=C=O)C1. The second-order valence-electron chi connectivity index (χ2n) is 7.52. The van der Waals surface area contributed by atoms with E-state index in [0.717, 1.165) is 12.8 Å². The quantitative estimate of drug-likeness (QED) is 0.557. The fourth-order valence-electron chi connectivity index (χ4n) is 4.07. The molecule has 1 saturated carbocycles. The van der Waals surface area contributed by atoms with E-state index in [9.17, 15) is 19.2 Å². The molecule has 144 valence electrons. The maximum Gasteiger partial charge on any atom is 0.240 e. The Morgan fingerprint density at radius 2 is 1.56 bits per heavy atom. The van der Waals surface area contributed by atoms with Crippen LogP contribution in [0.15, 0.2) is 31.7 Å². The van der Waals surface area contributed by atoms with E-state index in [1.54, 1.807) is 12.2 Å². The lowest BCUT2D eigenvalue weighted by Crippen LogP contribution is -2.33. The number of hydrogen-bond acceptors (Lipinski definition) is 8. The van der Waals surface area contributed by atoms with Crippen molar-refractivity contribution in [2.24, 2.45) is 31.8 Å². The highest BCUT2D eigenvalue weighted by molar-refractivity contribution is 5.40. The zero-order chi connectivity index (χ0) is 20.3. The number of nitrogens with zero attached hydrogens (tertiary/aromatic N) is 4. The first-order chi connectivity index (χ1) is 12.9. The Kier molecular flexibility index (Phi) is 9.15. The van der Waals surface area contributed by atoms with Gasteiger partial charge in [-0.25, -0.2) is 24.2 Å². The molecule has 0 N–H and O–H groups in total. The van der Waals surface area contributed by atoms with Crippen LogP contribution >= 0.6 is 0 Å². The van der Waals surface area contributed by atoms with E-state index in [0.29, 0.717) is 30.4 Å². The number of carbonyl (C=O) groups excluding carboxylic acids is 4. The second kappa shape index (κ2) is 11.1. The maximum atomic E-state index is 10.2. The number of isocyanates is 4. The predicted octanol–water partition coefficient (Wildman–Crippen LogP) is 2.95. The molecule has 2 aliphatic rings. The molecular weight excluding hydrogens is 348 g/mol. The number of aliphatic imine (C=N–C) groups is 4. The Hall–Kier alpha value is -2.74. The normalized spacial score (nSPS) is 31.9. The van der Waals surface area contributed by atoms with Gasteiger partial charge in [-0.2, -0.15) is 15.0 Å². The summed E-state index contributed by atoms with van der Waals surface area (Å²) in [7, 11) is 0. The lowest BCUT2D eigenvalue weighted by Gasteiger charge is -2.36. The summed E-state index contributed by atoms with van der Waals surface area (Å²) in [6, 6.07) is -0.785. The fraction of sp³-hybridized carbons (Fsp3) is 0.684. The Bertz CT molecular complexity index is 727. The first-order valence-corrected chi connectivity index (χ1v) is 8.87. The van der Waals surface area contributed by atoms with Crippen molar-refractivity contribution in [2.75, 3.05) is 0 Å². The van der Waals surface area contributed by atoms with Gasteiger partial charge in [0.15, 0.2) is 0 Å². The van der Waals surface area contributed by atoms with Crippen LogP contribution in [0.1, 0.15) is 52.9 Å². The molecule has 0 radical (unpaired) electrons. The smallest absolute Gasteiger partial charge is 0.211 e. The zero-order valence-electron chi connectivity index (χ0n) is 15.8. The van der Waals surface area contributed by atoms with Gasteiger partial charge in [-0.3, -0.25) is 0 Å². The van der Waals surface area contributed by atoms with Crippen molar-refractivity contribution in [1.29, 1.82) is 0 Å². The van der Waals surface area contributed by atoms with Gasteiger partial charge in [0.05, 0.1) is 23.3 Å². The Labute approximate surface area is 158 Å². The number of hydrogen-bond donors (Lipinski definition) is 0. The van der Waals surface area contributed by atoms with Gasteiger partial charge in [0, 0.05) is 6.42 Å². The minimum atomic E-state index is -0.439. The summed E-state index contributed by atoms with van der Waals surface area (Å²) >= 11 is 0. The molecule has 0 heterocycles. The minimum absolute atomic E-state index is 0.126. The van der Waals surface area contributed by atoms with Crippen molar-refractivity contribution in [2.45, 2.75) is 70.5 Å². The summed E-state index contributed by atoms with van der Waals surface area (Å²) in [6.45, 7) is 6.52. The standard InChI is InChI=1S/C10H17NO.C9H7N3O3/c1-8-4-9(2)6-10(3,5-8)11-7-12;13-4-10-7-1-8(11-5-14)3-9(2-7)12-6-15/h8-9H,4-6H2,1-3H3;1,7,9H,2-3H2. The van der Waals surface area contributed by atoms with Crippen LogP contribution in [0.2, 0.25) is 0 Å². The van der Waals surface area contributed by atoms with Gasteiger partial charge in [0.25, 0.3) is 0 Å². The molecule has 0 aromatic heterocycles. The van der Waals surface area contributed by atoms with E-state index < -0.39 is 6.04 Å². The Balaban J connectivity index is 0.000000277. The monoisotopic (exact) mass is 372 g/mol. The summed E-state index contributed by atoms with van der Waals surface area (Å²) < 4.78 is 0. The van der Waals surface area contributed by atoms with E-state index in [-0.39, 0.29) is 11.6 Å². The van der Waals surface area contributed by atoms with Crippen molar-refractivity contribution in [1.82, 2.24) is 0 Å². The average Bonchev–Trinajstić information content (AvgIpc) is 2.55. The molecule has 0 saturated heterocycles. The van der Waals surface area contributed by atoms with Crippen LogP contribution in [0.3, 0.4) is 0 Å². The highest BCUT2D eigenvalue weighted by Crippen LogP contribution is 2.37. The van der Waals surface area contributed by atoms with Gasteiger partial charge in [-0.15, -0.1) is 0 Å². The van der Waals surface area contributed by atoms with Gasteiger partial charge in [0.1, 0.15) is 0 Å². The molecule has 2 aliphatic carbocycles. The molecule has 8 nitrogen and oxygen atoms in total. The fourth-order valence-corrected chi connectivity index (χ4v) is 4.07. The average molecular weight is 372 g/mol. The number of rotatable bonds is 4. The Morgan fingerprint density at radius 3 is 2.07 bits per heavy atom. The summed E-state index contributed by atoms with van der Waals surface area (Å²) in [6.07, 6.45) is 11.6. The summed E-state index contributed by atoms with van der Waals surface area (Å²) in [5.41, 5.74) is 0.294. The van der Waals surface area contributed by atoms with E-state index in [2.05, 4.69) is 40.7 Å². The van der Waals surface area contributed by atoms with Gasteiger partial charge < -0.3 is 0 Å². The van der Waals surface area contributed by atoms with Crippen LogP contribution in [0.5, 0.6) is 0 Å². The van der Waals surface area contributed by atoms with Crippen molar-refractivity contribution in [3.8, 4) is 0 Å². The molecule has 8 heteroatoms. The lowest BCUT2D eigenvalue weighted by atomic mass is 9.73. The summed E-state index contributed by atoms with van der Waals surface area (Å²) in [5, 5.41) is 0. The second-order valence-corrected chi connectivity index (χ2v) is 7.52. The van der Waals surface area contributed by atoms with Gasteiger partial charge in [-0.1, -0.05) is 13.8 Å². The molecule has 1 fully saturated rings. The van der Waals surface area contributed by atoms with Gasteiger partial charge >= 0.3 is 0 Å². The van der Waals surface area contributed by atoms with Gasteiger partial charge in [-0.05, 0) is 50.5 Å². The zero-order valence-corrected chi connectivity index (χ0v) is 15.8. The van der Waals surface area contributed by atoms with Crippen molar-refractivity contribution in [3.05, 3.63) is 11.8 Å². The first kappa shape index (κ1) is 22.3. The third kappa shape index (κ3) is 8.00. The van der Waals surface area contributed by atoms with Crippen LogP contribution < -0.4 is 0 Å². The molecule has 4 unspecified atom stereocenters. The van der Waals surface area contributed by atoms with E-state index in [1.165, 1.54) is 24.7 Å². The third-order valence-corrected chi connectivity index (χ3v) is 4.68. The topological polar surface area (TPSA) is 118 Å². The summed E-state index contributed by atoms with van der Waals surface area (Å²) in [5.74, 6) is 1.38. The molecule has 0 bridgehead atoms. The molecule has 4 atom stereocenters. The molecule has 0 aliphatic heterocycles. The third-order valence-electron chi connectivity index (χ3n) is 4.68. The molecule has 2 rings (SSSR count). The van der Waals surface area contributed by atoms with Crippen molar-refractivity contribution < 1.29 is 19.2 Å². The molecule has 0 amide bonds. The van der Waals surface area contributed by atoms with Crippen LogP contribution in [0.25, 0.3) is 0 Å². The van der Waals surface area contributed by atoms with Crippen LogP contribution in [-0.4, -0.2) is 41.9 Å². The Morgan fingerprint density at radius 1 is 0.926 bits per heavy atom. The molecular formula is C19H24N4O4. The van der Waals surface area contributed by atoms with Crippen LogP contribution in [0, 0.1) is 11.8 Å². The van der Waals surface area contributed by atoms with Crippen molar-refractivity contribution in [3.63, 3.8) is 0 Å². The first-order valence-electron chi connectivity index (χ1n) is 8.87. The van der Waals surface area contributed by atoms with Gasteiger partial charge in [0.2, 0.25) is 24.3 Å². The highest BCUT2D eigenvalue weighted by Gasteiger charge is 2.33. The molecule has 0 spiro atoms. The van der Waals surface area contributed by atoms with Crippen molar-refractivity contribution >= 4 is 24.3 Å². The van der Waals surface area contributed by atoms with Crippen LogP contribution in [0.4, 0.5) is 0 Å². The van der Waals surface area contributed by atoms with E-state index in [1.807, 2.05) is 0 Å². The lowest BCUT2D eigenvalue weighted by molar-refractivity contribution is 0.200. The van der Waals surface area contributed by atoms with Crippen LogP contribution in [-0.2, 0) is 19.2 Å². The minimum Gasteiger partial charge on any atom is -0.211 e. The van der Waals surface area contributed by atoms with E-state index >= 15 is 0 Å². The predicted molar refractivity (Wildman–Crippen MR) is 98.0 cm³/mol. The molecule has 0 aromatic rings. The summed E-state index contributed by atoms with van der Waals surface area (Å²) in [4.78, 5) is 54.7. The molecule has 0 aromatic carbocycles.